The highest BCUT2D eigenvalue weighted by Crippen LogP contribution is 2.18. The number of hydrogen-bond donors (Lipinski definition) is 2. The zero-order chi connectivity index (χ0) is 15.6. The van der Waals surface area contributed by atoms with Crippen LogP contribution in [0.5, 0.6) is 0 Å². The Labute approximate surface area is 135 Å². The number of nitrogens with two attached hydrogens (primary N) is 1. The molecule has 0 aliphatic heterocycles. The zero-order valence-corrected chi connectivity index (χ0v) is 13.3. The van der Waals surface area contributed by atoms with E-state index in [1.54, 1.807) is 17.8 Å². The second kappa shape index (κ2) is 9.10. The number of aromatic nitrogens is 1. The van der Waals surface area contributed by atoms with Crippen LogP contribution in [0, 0.1) is 0 Å². The number of rotatable bonds is 8. The van der Waals surface area contributed by atoms with E-state index in [9.17, 15) is 4.79 Å². The topological polar surface area (TPSA) is 68.0 Å². The van der Waals surface area contributed by atoms with Crippen molar-refractivity contribution in [3.8, 4) is 0 Å². The van der Waals surface area contributed by atoms with E-state index >= 15 is 0 Å². The molecule has 3 N–H and O–H groups in total. The second-order valence-corrected chi connectivity index (χ2v) is 6.08. The highest BCUT2D eigenvalue weighted by molar-refractivity contribution is 7.99. The smallest absolute Gasteiger partial charge is 0.224 e. The quantitative estimate of drug-likeness (QED) is 0.439. The summed E-state index contributed by atoms with van der Waals surface area (Å²) in [4.78, 5) is 16.1. The van der Waals surface area contributed by atoms with E-state index in [-0.39, 0.29) is 5.91 Å². The molecule has 0 saturated heterocycles. The van der Waals surface area contributed by atoms with Gasteiger partial charge in [-0.25, -0.2) is 4.98 Å². The molecule has 0 fully saturated rings. The van der Waals surface area contributed by atoms with Crippen molar-refractivity contribution in [2.45, 2.75) is 30.7 Å². The predicted octanol–water partition coefficient (Wildman–Crippen LogP) is 3.96. The number of pyridine rings is 1. The zero-order valence-electron chi connectivity index (χ0n) is 12.5. The predicted molar refractivity (Wildman–Crippen MR) is 92.9 cm³/mol. The van der Waals surface area contributed by atoms with Crippen molar-refractivity contribution in [2.75, 3.05) is 16.8 Å². The molecule has 0 radical (unpaired) electrons. The summed E-state index contributed by atoms with van der Waals surface area (Å²) < 4.78 is 0. The van der Waals surface area contributed by atoms with Gasteiger partial charge in [-0.1, -0.05) is 24.6 Å². The summed E-state index contributed by atoms with van der Waals surface area (Å²) in [6, 6.07) is 13.2. The summed E-state index contributed by atoms with van der Waals surface area (Å²) in [7, 11) is 0. The van der Waals surface area contributed by atoms with E-state index in [0.29, 0.717) is 17.8 Å². The number of hydrogen-bond acceptors (Lipinski definition) is 4. The van der Waals surface area contributed by atoms with Gasteiger partial charge in [-0.05, 0) is 42.9 Å². The number of nitrogens with one attached hydrogen (secondary N) is 1. The first-order chi connectivity index (χ1) is 10.8. The Bertz CT molecular complexity index is 589. The van der Waals surface area contributed by atoms with Crippen molar-refractivity contribution >= 4 is 29.0 Å². The standard InChI is InChI=1S/C17H21N3OS/c18-14-8-3-4-9-15(14)20-16(21)10-2-1-7-13-22-17-11-5-6-12-19-17/h3-6,8-9,11-12H,1-2,7,10,13,18H2,(H,20,21). The Hall–Kier alpha value is -2.01. The summed E-state index contributed by atoms with van der Waals surface area (Å²) >= 11 is 1.76. The van der Waals surface area contributed by atoms with E-state index in [2.05, 4.69) is 10.3 Å². The van der Waals surface area contributed by atoms with Gasteiger partial charge in [-0.3, -0.25) is 4.79 Å². The van der Waals surface area contributed by atoms with Crippen LogP contribution in [0.3, 0.4) is 0 Å². The fourth-order valence-corrected chi connectivity index (χ4v) is 2.86. The number of nitrogens with zero attached hydrogens (tertiary/aromatic N) is 1. The molecule has 1 aromatic heterocycles. The molecular weight excluding hydrogens is 294 g/mol. The normalized spacial score (nSPS) is 10.4. The van der Waals surface area contributed by atoms with Gasteiger partial charge < -0.3 is 11.1 Å². The van der Waals surface area contributed by atoms with Crippen LogP contribution in [-0.2, 0) is 4.79 Å². The molecule has 116 valence electrons. The Morgan fingerprint density at radius 1 is 1.09 bits per heavy atom. The lowest BCUT2D eigenvalue weighted by Gasteiger charge is -2.07. The molecule has 0 atom stereocenters. The van der Waals surface area contributed by atoms with Crippen molar-refractivity contribution in [3.05, 3.63) is 48.7 Å². The molecule has 0 bridgehead atoms. The number of anilines is 2. The van der Waals surface area contributed by atoms with Gasteiger partial charge in [0.25, 0.3) is 0 Å². The lowest BCUT2D eigenvalue weighted by atomic mass is 10.2. The molecule has 1 heterocycles. The third-order valence-corrected chi connectivity index (χ3v) is 4.20. The molecule has 0 saturated carbocycles. The molecule has 0 aliphatic rings. The number of benzene rings is 1. The van der Waals surface area contributed by atoms with Gasteiger partial charge in [0.15, 0.2) is 0 Å². The van der Waals surface area contributed by atoms with Crippen LogP contribution in [0.25, 0.3) is 0 Å². The summed E-state index contributed by atoms with van der Waals surface area (Å²) in [5.41, 5.74) is 7.09. The van der Waals surface area contributed by atoms with Gasteiger partial charge in [0.1, 0.15) is 0 Å². The van der Waals surface area contributed by atoms with Crippen LogP contribution >= 0.6 is 11.8 Å². The maximum absolute atomic E-state index is 11.8. The van der Waals surface area contributed by atoms with E-state index in [1.165, 1.54) is 0 Å². The minimum Gasteiger partial charge on any atom is -0.397 e. The number of thioether (sulfide) groups is 1. The summed E-state index contributed by atoms with van der Waals surface area (Å²) in [5.74, 6) is 1.06. The minimum atomic E-state index is 0.0234. The Balaban J connectivity index is 1.57. The van der Waals surface area contributed by atoms with E-state index in [4.69, 9.17) is 5.73 Å². The van der Waals surface area contributed by atoms with Crippen LogP contribution in [0.4, 0.5) is 11.4 Å². The average Bonchev–Trinajstić information content (AvgIpc) is 2.54. The van der Waals surface area contributed by atoms with Crippen molar-refractivity contribution in [3.63, 3.8) is 0 Å². The fourth-order valence-electron chi connectivity index (χ4n) is 2.00. The largest absolute Gasteiger partial charge is 0.397 e. The van der Waals surface area contributed by atoms with E-state index < -0.39 is 0 Å². The Morgan fingerprint density at radius 2 is 1.91 bits per heavy atom. The number of para-hydroxylation sites is 2. The summed E-state index contributed by atoms with van der Waals surface area (Å²) in [5, 5.41) is 3.90. The van der Waals surface area contributed by atoms with Gasteiger partial charge in [0, 0.05) is 12.6 Å². The highest BCUT2D eigenvalue weighted by Gasteiger charge is 2.04. The average molecular weight is 315 g/mol. The summed E-state index contributed by atoms with van der Waals surface area (Å²) in [6.45, 7) is 0. The maximum atomic E-state index is 11.8. The van der Waals surface area contributed by atoms with Crippen LogP contribution in [-0.4, -0.2) is 16.6 Å². The molecule has 0 aliphatic carbocycles. The molecule has 2 rings (SSSR count). The SMILES string of the molecule is Nc1ccccc1NC(=O)CCCCCSc1ccccn1. The number of carbonyl (C=O) groups excluding carboxylic acids is 1. The highest BCUT2D eigenvalue weighted by atomic mass is 32.2. The van der Waals surface area contributed by atoms with Crippen molar-refractivity contribution in [1.82, 2.24) is 4.98 Å². The lowest BCUT2D eigenvalue weighted by molar-refractivity contribution is -0.116. The molecule has 22 heavy (non-hydrogen) atoms. The summed E-state index contributed by atoms with van der Waals surface area (Å²) in [6.07, 6.45) is 5.35. The van der Waals surface area contributed by atoms with Crippen LogP contribution < -0.4 is 11.1 Å². The van der Waals surface area contributed by atoms with Crippen molar-refractivity contribution in [1.29, 1.82) is 0 Å². The van der Waals surface area contributed by atoms with Crippen molar-refractivity contribution in [2.24, 2.45) is 0 Å². The van der Waals surface area contributed by atoms with E-state index in [0.717, 1.165) is 30.0 Å². The van der Waals surface area contributed by atoms with Crippen LogP contribution in [0.2, 0.25) is 0 Å². The van der Waals surface area contributed by atoms with Gasteiger partial charge in [-0.15, -0.1) is 11.8 Å². The second-order valence-electron chi connectivity index (χ2n) is 4.96. The van der Waals surface area contributed by atoms with E-state index in [1.807, 2.05) is 42.6 Å². The Kier molecular flexibility index (Phi) is 6.77. The molecule has 2 aromatic rings. The lowest BCUT2D eigenvalue weighted by Crippen LogP contribution is -2.12. The van der Waals surface area contributed by atoms with Crippen molar-refractivity contribution < 1.29 is 4.79 Å². The molecule has 4 nitrogen and oxygen atoms in total. The minimum absolute atomic E-state index is 0.0234. The first kappa shape index (κ1) is 16.4. The number of carbonyl (C=O) groups is 1. The molecule has 1 aromatic carbocycles. The Morgan fingerprint density at radius 3 is 2.68 bits per heavy atom. The van der Waals surface area contributed by atoms with Crippen LogP contribution in [0.15, 0.2) is 53.7 Å². The number of amides is 1. The fraction of sp³-hybridized carbons (Fsp3) is 0.294. The molecule has 5 heteroatoms. The third kappa shape index (κ3) is 5.77. The maximum Gasteiger partial charge on any atom is 0.224 e. The van der Waals surface area contributed by atoms with Gasteiger partial charge >= 0.3 is 0 Å². The van der Waals surface area contributed by atoms with Gasteiger partial charge in [0.05, 0.1) is 16.4 Å². The van der Waals surface area contributed by atoms with Gasteiger partial charge in [-0.2, -0.15) is 0 Å². The van der Waals surface area contributed by atoms with Crippen LogP contribution in [0.1, 0.15) is 25.7 Å². The van der Waals surface area contributed by atoms with Gasteiger partial charge in [0.2, 0.25) is 5.91 Å². The first-order valence-corrected chi connectivity index (χ1v) is 8.42. The molecular formula is C17H21N3OS. The number of unbranched alkanes of at least 4 members (excludes halogenated alkanes) is 2. The monoisotopic (exact) mass is 315 g/mol. The molecule has 0 spiro atoms. The molecule has 1 amide bonds. The number of nitrogen functional groups attached to an aromatic ring is 1. The third-order valence-electron chi connectivity index (χ3n) is 3.17. The first-order valence-electron chi connectivity index (χ1n) is 7.44. The molecule has 0 unspecified atom stereocenters.